The Bertz CT molecular complexity index is 614. The number of piperidine rings is 1. The van der Waals surface area contributed by atoms with Crippen LogP contribution in [0.4, 0.5) is 4.39 Å². The monoisotopic (exact) mass is 315 g/mol. The summed E-state index contributed by atoms with van der Waals surface area (Å²) in [5.41, 5.74) is 5.33. The lowest BCUT2D eigenvalue weighted by atomic mass is 10.1. The lowest BCUT2D eigenvalue weighted by molar-refractivity contribution is 0.231. The van der Waals surface area contributed by atoms with E-state index in [0.717, 1.165) is 6.07 Å². The highest BCUT2D eigenvalue weighted by Crippen LogP contribution is 2.15. The highest BCUT2D eigenvalue weighted by molar-refractivity contribution is 7.89. The van der Waals surface area contributed by atoms with E-state index in [1.54, 1.807) is 0 Å². The minimum Gasteiger partial charge on any atom is -0.387 e. The van der Waals surface area contributed by atoms with Gasteiger partial charge in [-0.25, -0.2) is 22.5 Å². The van der Waals surface area contributed by atoms with E-state index in [0.29, 0.717) is 32.5 Å². The van der Waals surface area contributed by atoms with Gasteiger partial charge in [0.1, 0.15) is 5.84 Å². The van der Waals surface area contributed by atoms with Crippen molar-refractivity contribution in [3.8, 4) is 0 Å². The summed E-state index contributed by atoms with van der Waals surface area (Å²) in [4.78, 5) is 5.57. The van der Waals surface area contributed by atoms with Gasteiger partial charge in [0.05, 0.1) is 6.54 Å². The molecule has 0 atom stereocenters. The number of amidine groups is 1. The van der Waals surface area contributed by atoms with Gasteiger partial charge in [0, 0.05) is 25.3 Å². The van der Waals surface area contributed by atoms with Crippen molar-refractivity contribution >= 4 is 15.9 Å². The molecule has 0 saturated carbocycles. The van der Waals surface area contributed by atoms with Crippen LogP contribution in [0.3, 0.4) is 0 Å². The highest BCUT2D eigenvalue weighted by Gasteiger charge is 2.27. The van der Waals surface area contributed by atoms with Crippen LogP contribution < -0.4 is 10.5 Å². The van der Waals surface area contributed by atoms with E-state index in [-0.39, 0.29) is 11.9 Å². The standard InChI is InChI=1S/C12H18FN5O2S/c13-10-2-1-5-16-12(10)21(19,20)17-9-3-6-18(7-4-9)8-11(14)15/h1-2,5,9,17H,3-4,6-8H2,(H3,14,15). The van der Waals surface area contributed by atoms with E-state index in [1.165, 1.54) is 12.3 Å². The number of nitrogens with two attached hydrogens (primary N) is 1. The minimum absolute atomic E-state index is 0.0876. The number of likely N-dealkylation sites (tertiary alicyclic amines) is 1. The van der Waals surface area contributed by atoms with Gasteiger partial charge in [0.15, 0.2) is 5.82 Å². The van der Waals surface area contributed by atoms with E-state index < -0.39 is 20.9 Å². The van der Waals surface area contributed by atoms with Crippen molar-refractivity contribution < 1.29 is 12.8 Å². The first-order valence-electron chi connectivity index (χ1n) is 6.56. The second-order valence-electron chi connectivity index (χ2n) is 4.99. The molecule has 1 aromatic heterocycles. The number of nitrogens with zero attached hydrogens (tertiary/aromatic N) is 2. The number of hydrogen-bond acceptors (Lipinski definition) is 5. The van der Waals surface area contributed by atoms with E-state index >= 15 is 0 Å². The molecule has 1 aliphatic rings. The summed E-state index contributed by atoms with van der Waals surface area (Å²) in [6, 6.07) is 2.14. The average Bonchev–Trinajstić information content (AvgIpc) is 2.40. The van der Waals surface area contributed by atoms with E-state index in [2.05, 4.69) is 9.71 Å². The SMILES string of the molecule is N=C(N)CN1CCC(NS(=O)(=O)c2ncccc2F)CC1. The summed E-state index contributed by atoms with van der Waals surface area (Å²) in [6.07, 6.45) is 2.41. The fraction of sp³-hybridized carbons (Fsp3) is 0.500. The van der Waals surface area contributed by atoms with Crippen LogP contribution in [-0.2, 0) is 10.0 Å². The average molecular weight is 315 g/mol. The first-order chi connectivity index (χ1) is 9.88. The van der Waals surface area contributed by atoms with Crippen LogP contribution in [-0.4, -0.2) is 49.8 Å². The van der Waals surface area contributed by atoms with E-state index in [1.807, 2.05) is 4.90 Å². The molecule has 9 heteroatoms. The van der Waals surface area contributed by atoms with Gasteiger partial charge < -0.3 is 5.73 Å². The molecule has 1 fully saturated rings. The molecule has 0 aliphatic carbocycles. The Hall–Kier alpha value is -1.58. The molecule has 7 nitrogen and oxygen atoms in total. The third-order valence-electron chi connectivity index (χ3n) is 3.28. The number of rotatable bonds is 5. The fourth-order valence-corrected chi connectivity index (χ4v) is 3.60. The van der Waals surface area contributed by atoms with Crippen LogP contribution in [0.2, 0.25) is 0 Å². The van der Waals surface area contributed by atoms with Gasteiger partial charge in [-0.3, -0.25) is 10.3 Å². The smallest absolute Gasteiger partial charge is 0.261 e. The molecule has 0 radical (unpaired) electrons. The maximum atomic E-state index is 13.5. The van der Waals surface area contributed by atoms with Crippen LogP contribution in [0, 0.1) is 11.2 Å². The molecule has 0 bridgehead atoms. The first-order valence-corrected chi connectivity index (χ1v) is 8.05. The van der Waals surface area contributed by atoms with Gasteiger partial charge in [-0.1, -0.05) is 0 Å². The van der Waals surface area contributed by atoms with Gasteiger partial charge >= 0.3 is 0 Å². The van der Waals surface area contributed by atoms with Crippen molar-refractivity contribution in [3.05, 3.63) is 24.1 Å². The predicted octanol–water partition coefficient (Wildman–Crippen LogP) is -0.101. The largest absolute Gasteiger partial charge is 0.387 e. The summed E-state index contributed by atoms with van der Waals surface area (Å²) < 4.78 is 40.2. The summed E-state index contributed by atoms with van der Waals surface area (Å²) >= 11 is 0. The number of pyridine rings is 1. The summed E-state index contributed by atoms with van der Waals surface area (Å²) in [5.74, 6) is -0.774. The first kappa shape index (κ1) is 15.8. The summed E-state index contributed by atoms with van der Waals surface area (Å²) in [6.45, 7) is 1.66. The molecule has 1 aromatic rings. The molecule has 0 unspecified atom stereocenters. The Morgan fingerprint density at radius 1 is 1.52 bits per heavy atom. The van der Waals surface area contributed by atoms with Crippen LogP contribution in [0.25, 0.3) is 0 Å². The topological polar surface area (TPSA) is 112 Å². The Balaban J connectivity index is 1.97. The second-order valence-corrected chi connectivity index (χ2v) is 6.62. The zero-order chi connectivity index (χ0) is 15.5. The van der Waals surface area contributed by atoms with Crippen LogP contribution in [0.15, 0.2) is 23.4 Å². The number of aromatic nitrogens is 1. The third kappa shape index (κ3) is 4.19. The summed E-state index contributed by atoms with van der Waals surface area (Å²) in [7, 11) is -3.95. The normalized spacial score (nSPS) is 17.8. The van der Waals surface area contributed by atoms with Crippen LogP contribution in [0.5, 0.6) is 0 Å². The van der Waals surface area contributed by atoms with Gasteiger partial charge in [-0.15, -0.1) is 0 Å². The Morgan fingerprint density at radius 2 is 2.19 bits per heavy atom. The van der Waals surface area contributed by atoms with Crippen molar-refractivity contribution in [2.75, 3.05) is 19.6 Å². The van der Waals surface area contributed by atoms with Crippen molar-refractivity contribution in [2.24, 2.45) is 5.73 Å². The van der Waals surface area contributed by atoms with Gasteiger partial charge in [-0.2, -0.15) is 0 Å². The fourth-order valence-electron chi connectivity index (χ4n) is 2.29. The van der Waals surface area contributed by atoms with Gasteiger partial charge in [0.25, 0.3) is 10.0 Å². The van der Waals surface area contributed by atoms with Crippen molar-refractivity contribution in [1.82, 2.24) is 14.6 Å². The minimum atomic E-state index is -3.95. The van der Waals surface area contributed by atoms with Crippen molar-refractivity contribution in [1.29, 1.82) is 5.41 Å². The molecule has 0 spiro atoms. The molecule has 21 heavy (non-hydrogen) atoms. The Kier molecular flexibility index (Phi) is 4.86. The molecule has 2 rings (SSSR count). The van der Waals surface area contributed by atoms with Crippen LogP contribution >= 0.6 is 0 Å². The molecular weight excluding hydrogens is 297 g/mol. The predicted molar refractivity (Wildman–Crippen MR) is 75.9 cm³/mol. The summed E-state index contributed by atoms with van der Waals surface area (Å²) in [5, 5.41) is 6.66. The molecular formula is C12H18FN5O2S. The maximum Gasteiger partial charge on any atom is 0.261 e. The molecule has 1 saturated heterocycles. The molecule has 116 valence electrons. The Labute approximate surface area is 122 Å². The lowest BCUT2D eigenvalue weighted by Crippen LogP contribution is -2.46. The molecule has 2 heterocycles. The van der Waals surface area contributed by atoms with E-state index in [9.17, 15) is 12.8 Å². The zero-order valence-electron chi connectivity index (χ0n) is 11.4. The number of halogens is 1. The number of hydrogen-bond donors (Lipinski definition) is 3. The second kappa shape index (κ2) is 6.46. The van der Waals surface area contributed by atoms with E-state index in [4.69, 9.17) is 11.1 Å². The molecule has 0 amide bonds. The van der Waals surface area contributed by atoms with Crippen LogP contribution in [0.1, 0.15) is 12.8 Å². The van der Waals surface area contributed by atoms with Gasteiger partial charge in [0.2, 0.25) is 5.03 Å². The molecule has 0 aromatic carbocycles. The third-order valence-corrected chi connectivity index (χ3v) is 4.74. The van der Waals surface area contributed by atoms with Crippen molar-refractivity contribution in [2.45, 2.75) is 23.9 Å². The lowest BCUT2D eigenvalue weighted by Gasteiger charge is -2.31. The van der Waals surface area contributed by atoms with Crippen molar-refractivity contribution in [3.63, 3.8) is 0 Å². The highest BCUT2D eigenvalue weighted by atomic mass is 32.2. The zero-order valence-corrected chi connectivity index (χ0v) is 12.2. The number of nitrogens with one attached hydrogen (secondary N) is 2. The van der Waals surface area contributed by atoms with Gasteiger partial charge in [-0.05, 0) is 25.0 Å². The Morgan fingerprint density at radius 3 is 2.76 bits per heavy atom. The molecule has 1 aliphatic heterocycles. The quantitative estimate of drug-likeness (QED) is 0.519. The maximum absolute atomic E-state index is 13.5. The number of sulfonamides is 1. The molecule has 4 N–H and O–H groups in total.